The molecule has 0 aromatic heterocycles. The van der Waals surface area contributed by atoms with Crippen LogP contribution in [0.3, 0.4) is 0 Å². The molecule has 1 aliphatic carbocycles. The van der Waals surface area contributed by atoms with Crippen LogP contribution < -0.4 is 0 Å². The molecule has 1 fully saturated rings. The maximum absolute atomic E-state index is 13.0. The number of Topliss-reactive ketones (excluding diaryl/α,β-unsaturated/α-hetero) is 1. The summed E-state index contributed by atoms with van der Waals surface area (Å²) in [5.41, 5.74) is 0. The molecule has 1 N–H and O–H groups in total. The van der Waals surface area contributed by atoms with E-state index in [0.29, 0.717) is 18.6 Å². The minimum atomic E-state index is -1.98. The number of hydrogen-bond donors (Lipinski definition) is 1. The number of ether oxygens (including phenoxy) is 1. The molecule has 5 nitrogen and oxygen atoms in total. The van der Waals surface area contributed by atoms with Crippen molar-refractivity contribution in [1.82, 2.24) is 0 Å². The van der Waals surface area contributed by atoms with Gasteiger partial charge in [-0.15, -0.1) is 0 Å². The Labute approximate surface area is 203 Å². The van der Waals surface area contributed by atoms with Crippen LogP contribution in [0.15, 0.2) is 24.3 Å². The van der Waals surface area contributed by atoms with E-state index < -0.39 is 8.32 Å². The number of ketones is 1. The summed E-state index contributed by atoms with van der Waals surface area (Å²) in [7, 11) is -0.564. The predicted octanol–water partition coefficient (Wildman–Crippen LogP) is 6.37. The predicted molar refractivity (Wildman–Crippen MR) is 138 cm³/mol. The summed E-state index contributed by atoms with van der Waals surface area (Å²) in [5, 5.41) is 9.02. The van der Waals surface area contributed by atoms with Crippen molar-refractivity contribution in [3.63, 3.8) is 0 Å². The monoisotopic (exact) mass is 480 g/mol. The second-order valence-electron chi connectivity index (χ2n) is 10.8. The van der Waals surface area contributed by atoms with Gasteiger partial charge in [-0.3, -0.25) is 9.59 Å². The van der Waals surface area contributed by atoms with Crippen molar-refractivity contribution >= 4 is 20.1 Å². The van der Waals surface area contributed by atoms with Crippen LogP contribution in [0, 0.1) is 11.8 Å². The summed E-state index contributed by atoms with van der Waals surface area (Å²) >= 11 is 0. The topological polar surface area (TPSA) is 72.8 Å². The fourth-order valence-electron chi connectivity index (χ4n) is 3.99. The SMILES string of the molecule is COC(=O)CCC/C=C\C[C@H]1C(=O)C[C@@H](O[Si](C)(C)C(C)(C)C)[C@@H]1C=CCCCCCCO. The third kappa shape index (κ3) is 10.7. The molecule has 33 heavy (non-hydrogen) atoms. The third-order valence-electron chi connectivity index (χ3n) is 7.14. The molecule has 190 valence electrons. The number of hydrogen-bond acceptors (Lipinski definition) is 5. The molecule has 0 radical (unpaired) electrons. The summed E-state index contributed by atoms with van der Waals surface area (Å²) in [6.07, 6.45) is 17.0. The van der Waals surface area contributed by atoms with Crippen molar-refractivity contribution in [3.8, 4) is 0 Å². The van der Waals surface area contributed by atoms with E-state index in [2.05, 4.69) is 62.9 Å². The summed E-state index contributed by atoms with van der Waals surface area (Å²) in [6.45, 7) is 11.5. The number of allylic oxidation sites excluding steroid dienone is 3. The maximum atomic E-state index is 13.0. The van der Waals surface area contributed by atoms with E-state index >= 15 is 0 Å². The van der Waals surface area contributed by atoms with Gasteiger partial charge in [0.05, 0.1) is 13.2 Å². The zero-order valence-electron chi connectivity index (χ0n) is 21.9. The first kappa shape index (κ1) is 29.8. The molecule has 3 atom stereocenters. The second-order valence-corrected chi connectivity index (χ2v) is 15.6. The molecule has 0 spiro atoms. The Morgan fingerprint density at radius 2 is 1.73 bits per heavy atom. The molecule has 0 amide bonds. The van der Waals surface area contributed by atoms with Gasteiger partial charge in [0.15, 0.2) is 8.32 Å². The molecular weight excluding hydrogens is 432 g/mol. The highest BCUT2D eigenvalue weighted by molar-refractivity contribution is 6.74. The van der Waals surface area contributed by atoms with Crippen LogP contribution in [0.5, 0.6) is 0 Å². The first-order valence-corrected chi connectivity index (χ1v) is 15.6. The van der Waals surface area contributed by atoms with Gasteiger partial charge in [-0.05, 0) is 56.7 Å². The Hall–Kier alpha value is -1.24. The standard InChI is InChI=1S/C27H48O5Si/c1-27(2,3)33(5,6)32-25-21-24(29)22(17-13-10-11-15-19-26(30)31-4)23(25)18-14-9-7-8-12-16-20-28/h10,13-14,18,22-23,25,28H,7-9,11-12,15-17,19-21H2,1-6H3/b13-10-,18-14?/t22-,23-,25-/m1/s1. The average Bonchev–Trinajstić information content (AvgIpc) is 3.02. The highest BCUT2D eigenvalue weighted by Crippen LogP contribution is 2.42. The van der Waals surface area contributed by atoms with Gasteiger partial charge in [0, 0.05) is 31.3 Å². The quantitative estimate of drug-likeness (QED) is 0.128. The van der Waals surface area contributed by atoms with Crippen LogP contribution in [-0.4, -0.2) is 45.0 Å². The lowest BCUT2D eigenvalue weighted by molar-refractivity contribution is -0.140. The number of rotatable bonds is 15. The van der Waals surface area contributed by atoms with Crippen LogP contribution in [0.1, 0.15) is 85.0 Å². The Morgan fingerprint density at radius 3 is 2.36 bits per heavy atom. The molecule has 0 unspecified atom stereocenters. The summed E-state index contributed by atoms with van der Waals surface area (Å²) in [5.74, 6) is 0.197. The Kier molecular flexibility index (Phi) is 13.4. The molecular formula is C27H48O5Si. The highest BCUT2D eigenvalue weighted by atomic mass is 28.4. The van der Waals surface area contributed by atoms with E-state index in [1.807, 2.05) is 0 Å². The number of aliphatic hydroxyl groups is 1. The van der Waals surface area contributed by atoms with Crippen LogP contribution in [0.4, 0.5) is 0 Å². The van der Waals surface area contributed by atoms with Crippen molar-refractivity contribution in [2.24, 2.45) is 11.8 Å². The number of carbonyl (C=O) groups is 2. The van der Waals surface area contributed by atoms with Crippen LogP contribution in [0.2, 0.25) is 18.1 Å². The van der Waals surface area contributed by atoms with E-state index in [1.165, 1.54) is 7.11 Å². The van der Waals surface area contributed by atoms with Gasteiger partial charge in [0.2, 0.25) is 0 Å². The molecule has 0 heterocycles. The lowest BCUT2D eigenvalue weighted by Gasteiger charge is -2.39. The average molecular weight is 481 g/mol. The normalized spacial score (nSPS) is 22.0. The Bertz CT molecular complexity index is 647. The lowest BCUT2D eigenvalue weighted by Crippen LogP contribution is -2.45. The zero-order valence-corrected chi connectivity index (χ0v) is 22.9. The molecule has 0 saturated heterocycles. The van der Waals surface area contributed by atoms with Gasteiger partial charge in [-0.1, -0.05) is 57.9 Å². The van der Waals surface area contributed by atoms with Crippen molar-refractivity contribution in [1.29, 1.82) is 0 Å². The highest BCUT2D eigenvalue weighted by Gasteiger charge is 2.46. The lowest BCUT2D eigenvalue weighted by atomic mass is 9.90. The molecule has 0 aromatic rings. The van der Waals surface area contributed by atoms with Crippen molar-refractivity contribution in [2.75, 3.05) is 13.7 Å². The first-order valence-electron chi connectivity index (χ1n) is 12.7. The Morgan fingerprint density at radius 1 is 1.06 bits per heavy atom. The second kappa shape index (κ2) is 14.9. The van der Waals surface area contributed by atoms with E-state index in [-0.39, 0.29) is 35.6 Å². The van der Waals surface area contributed by atoms with Crippen LogP contribution in [0.25, 0.3) is 0 Å². The maximum Gasteiger partial charge on any atom is 0.305 e. The fraction of sp³-hybridized carbons (Fsp3) is 0.778. The van der Waals surface area contributed by atoms with E-state index in [4.69, 9.17) is 9.53 Å². The van der Waals surface area contributed by atoms with Crippen molar-refractivity contribution in [2.45, 2.75) is 109 Å². The van der Waals surface area contributed by atoms with Gasteiger partial charge in [-0.25, -0.2) is 0 Å². The Balaban J connectivity index is 2.78. The van der Waals surface area contributed by atoms with E-state index in [0.717, 1.165) is 51.4 Å². The molecule has 6 heteroatoms. The number of esters is 1. The first-order chi connectivity index (χ1) is 15.5. The van der Waals surface area contributed by atoms with Crippen molar-refractivity contribution < 1.29 is 23.9 Å². The van der Waals surface area contributed by atoms with Gasteiger partial charge in [0.1, 0.15) is 5.78 Å². The number of unbranched alkanes of at least 4 members (excludes halogenated alkanes) is 5. The molecule has 0 bridgehead atoms. The summed E-state index contributed by atoms with van der Waals surface area (Å²) in [6, 6.07) is 0. The van der Waals surface area contributed by atoms with E-state index in [9.17, 15) is 9.59 Å². The molecule has 1 rings (SSSR count). The van der Waals surface area contributed by atoms with Crippen LogP contribution in [-0.2, 0) is 18.8 Å². The molecule has 0 aliphatic heterocycles. The molecule has 1 saturated carbocycles. The van der Waals surface area contributed by atoms with Gasteiger partial charge in [-0.2, -0.15) is 0 Å². The van der Waals surface area contributed by atoms with Gasteiger partial charge in [0.25, 0.3) is 0 Å². The largest absolute Gasteiger partial charge is 0.469 e. The molecule has 0 aromatic carbocycles. The van der Waals surface area contributed by atoms with Gasteiger partial charge >= 0.3 is 5.97 Å². The zero-order chi connectivity index (χ0) is 24.9. The third-order valence-corrected chi connectivity index (χ3v) is 11.6. The van der Waals surface area contributed by atoms with Gasteiger partial charge < -0.3 is 14.3 Å². The molecule has 1 aliphatic rings. The minimum absolute atomic E-state index is 0.0396. The summed E-state index contributed by atoms with van der Waals surface area (Å²) in [4.78, 5) is 24.2. The summed E-state index contributed by atoms with van der Waals surface area (Å²) < 4.78 is 11.4. The number of carbonyl (C=O) groups excluding carboxylic acids is 2. The smallest absolute Gasteiger partial charge is 0.305 e. The van der Waals surface area contributed by atoms with Crippen molar-refractivity contribution in [3.05, 3.63) is 24.3 Å². The number of aliphatic hydroxyl groups excluding tert-OH is 1. The minimum Gasteiger partial charge on any atom is -0.469 e. The fourth-order valence-corrected chi connectivity index (χ4v) is 5.34. The number of methoxy groups -OCH3 is 1. The van der Waals surface area contributed by atoms with E-state index in [1.54, 1.807) is 0 Å². The van der Waals surface area contributed by atoms with Crippen LogP contribution >= 0.6 is 0 Å².